The van der Waals surface area contributed by atoms with Crippen LogP contribution in [0.2, 0.25) is 0 Å². The molecule has 0 bridgehead atoms. The second-order valence-corrected chi connectivity index (χ2v) is 2.87. The minimum absolute atomic E-state index is 0.141. The zero-order chi connectivity index (χ0) is 8.55. The summed E-state index contributed by atoms with van der Waals surface area (Å²) in [5.74, 6) is 0.141. The lowest BCUT2D eigenvalue weighted by molar-refractivity contribution is 0.0984. The summed E-state index contributed by atoms with van der Waals surface area (Å²) in [6, 6.07) is 5.48. The van der Waals surface area contributed by atoms with E-state index in [1.165, 1.54) is 0 Å². The molecule has 12 heavy (non-hydrogen) atoms. The molecule has 1 aliphatic rings. The number of ketones is 1. The summed E-state index contributed by atoms with van der Waals surface area (Å²) in [5.41, 5.74) is 7.77. The minimum atomic E-state index is 0.141. The van der Waals surface area contributed by atoms with Crippen LogP contribution in [-0.4, -0.2) is 12.3 Å². The van der Waals surface area contributed by atoms with Gasteiger partial charge in [-0.15, -0.1) is 0 Å². The molecule has 3 nitrogen and oxygen atoms in total. The van der Waals surface area contributed by atoms with E-state index in [-0.39, 0.29) is 5.78 Å². The standard InChI is InChI=1S/C9H10N2O/c10-6-2-1-3-7-9(6)8(12)4-5-11-7/h1-3,11H,4-5,10H2. The highest BCUT2D eigenvalue weighted by Crippen LogP contribution is 2.26. The number of benzene rings is 1. The van der Waals surface area contributed by atoms with Gasteiger partial charge in [0.2, 0.25) is 0 Å². The van der Waals surface area contributed by atoms with Crippen LogP contribution >= 0.6 is 0 Å². The Labute approximate surface area is 70.6 Å². The molecule has 0 saturated carbocycles. The fourth-order valence-corrected chi connectivity index (χ4v) is 1.46. The lowest BCUT2D eigenvalue weighted by atomic mass is 10.0. The number of rotatable bonds is 0. The molecule has 0 aliphatic carbocycles. The molecular formula is C9H10N2O. The summed E-state index contributed by atoms with van der Waals surface area (Å²) in [7, 11) is 0. The number of hydrogen-bond donors (Lipinski definition) is 2. The highest BCUT2D eigenvalue weighted by molar-refractivity contribution is 6.07. The zero-order valence-corrected chi connectivity index (χ0v) is 6.63. The van der Waals surface area contributed by atoms with Gasteiger partial charge in [0.15, 0.2) is 5.78 Å². The van der Waals surface area contributed by atoms with E-state index in [1.54, 1.807) is 6.07 Å². The van der Waals surface area contributed by atoms with Crippen molar-refractivity contribution >= 4 is 17.2 Å². The zero-order valence-electron chi connectivity index (χ0n) is 6.63. The molecule has 0 radical (unpaired) electrons. The predicted octanol–water partition coefficient (Wildman–Crippen LogP) is 1.27. The number of carbonyl (C=O) groups excluding carboxylic acids is 1. The Bertz CT molecular complexity index is 333. The summed E-state index contributed by atoms with van der Waals surface area (Å²) in [4.78, 5) is 11.4. The molecule has 0 fully saturated rings. The Morgan fingerprint density at radius 3 is 3.00 bits per heavy atom. The van der Waals surface area contributed by atoms with Gasteiger partial charge in [-0.2, -0.15) is 0 Å². The first-order chi connectivity index (χ1) is 5.79. The van der Waals surface area contributed by atoms with Gasteiger partial charge in [-0.25, -0.2) is 0 Å². The molecule has 3 heteroatoms. The number of nitrogens with two attached hydrogens (primary N) is 1. The quantitative estimate of drug-likeness (QED) is 0.565. The minimum Gasteiger partial charge on any atom is -0.398 e. The fourth-order valence-electron chi connectivity index (χ4n) is 1.46. The highest BCUT2D eigenvalue weighted by Gasteiger charge is 2.18. The Morgan fingerprint density at radius 2 is 2.25 bits per heavy atom. The number of nitrogens with one attached hydrogen (secondary N) is 1. The number of carbonyl (C=O) groups is 1. The predicted molar refractivity (Wildman–Crippen MR) is 48.3 cm³/mol. The van der Waals surface area contributed by atoms with Gasteiger partial charge in [-0.1, -0.05) is 6.07 Å². The van der Waals surface area contributed by atoms with Gasteiger partial charge in [-0.05, 0) is 12.1 Å². The number of Topliss-reactive ketones (excluding diaryl/α,β-unsaturated/α-hetero) is 1. The van der Waals surface area contributed by atoms with Crippen molar-refractivity contribution in [2.75, 3.05) is 17.6 Å². The van der Waals surface area contributed by atoms with E-state index < -0.39 is 0 Å². The number of hydrogen-bond acceptors (Lipinski definition) is 3. The average Bonchev–Trinajstić information content (AvgIpc) is 2.04. The van der Waals surface area contributed by atoms with E-state index in [1.807, 2.05) is 12.1 Å². The number of anilines is 2. The molecule has 62 valence electrons. The van der Waals surface area contributed by atoms with Crippen molar-refractivity contribution in [3.8, 4) is 0 Å². The highest BCUT2D eigenvalue weighted by atomic mass is 16.1. The second-order valence-electron chi connectivity index (χ2n) is 2.87. The lowest BCUT2D eigenvalue weighted by Gasteiger charge is -2.17. The van der Waals surface area contributed by atoms with Crippen LogP contribution in [0, 0.1) is 0 Å². The number of nitrogen functional groups attached to an aromatic ring is 1. The van der Waals surface area contributed by atoms with Crippen molar-refractivity contribution in [1.29, 1.82) is 0 Å². The third-order valence-corrected chi connectivity index (χ3v) is 2.04. The van der Waals surface area contributed by atoms with Crippen molar-refractivity contribution in [3.05, 3.63) is 23.8 Å². The first-order valence-corrected chi connectivity index (χ1v) is 3.94. The molecule has 3 N–H and O–H groups in total. The van der Waals surface area contributed by atoms with Crippen LogP contribution in [0.3, 0.4) is 0 Å². The van der Waals surface area contributed by atoms with Crippen LogP contribution in [0.5, 0.6) is 0 Å². The van der Waals surface area contributed by atoms with Crippen molar-refractivity contribution in [2.45, 2.75) is 6.42 Å². The molecule has 0 aromatic heterocycles. The van der Waals surface area contributed by atoms with Crippen molar-refractivity contribution in [3.63, 3.8) is 0 Å². The fraction of sp³-hybridized carbons (Fsp3) is 0.222. The summed E-state index contributed by atoms with van der Waals surface area (Å²) in [5, 5.41) is 3.13. The lowest BCUT2D eigenvalue weighted by Crippen LogP contribution is -2.19. The Kier molecular flexibility index (Phi) is 1.50. The molecule has 0 spiro atoms. The van der Waals surface area contributed by atoms with Gasteiger partial charge in [0.05, 0.1) is 5.56 Å². The van der Waals surface area contributed by atoms with Crippen LogP contribution in [0.25, 0.3) is 0 Å². The summed E-state index contributed by atoms with van der Waals surface area (Å²) >= 11 is 0. The number of fused-ring (bicyclic) bond motifs is 1. The molecule has 0 unspecified atom stereocenters. The Balaban J connectivity index is 2.60. The molecule has 0 atom stereocenters. The van der Waals surface area contributed by atoms with Gasteiger partial charge in [0.1, 0.15) is 0 Å². The topological polar surface area (TPSA) is 55.1 Å². The first kappa shape index (κ1) is 7.16. The molecular weight excluding hydrogens is 152 g/mol. The first-order valence-electron chi connectivity index (χ1n) is 3.94. The normalized spacial score (nSPS) is 15.2. The third kappa shape index (κ3) is 0.942. The maximum atomic E-state index is 11.4. The summed E-state index contributed by atoms with van der Waals surface area (Å²) in [6.45, 7) is 0.718. The molecule has 1 aliphatic heterocycles. The molecule has 0 amide bonds. The molecule has 1 heterocycles. The van der Waals surface area contributed by atoms with E-state index in [9.17, 15) is 4.79 Å². The van der Waals surface area contributed by atoms with Crippen LogP contribution in [-0.2, 0) is 0 Å². The van der Waals surface area contributed by atoms with Crippen LogP contribution in [0.1, 0.15) is 16.8 Å². The maximum Gasteiger partial charge on any atom is 0.168 e. The summed E-state index contributed by atoms with van der Waals surface area (Å²) in [6.07, 6.45) is 0.543. The average molecular weight is 162 g/mol. The van der Waals surface area contributed by atoms with Crippen molar-refractivity contribution in [2.24, 2.45) is 0 Å². The monoisotopic (exact) mass is 162 g/mol. The molecule has 0 saturated heterocycles. The Hall–Kier alpha value is -1.51. The van der Waals surface area contributed by atoms with E-state index in [0.29, 0.717) is 17.7 Å². The SMILES string of the molecule is Nc1cccc2c1C(=O)CCN2. The third-order valence-electron chi connectivity index (χ3n) is 2.04. The van der Waals surface area contributed by atoms with E-state index in [4.69, 9.17) is 5.73 Å². The summed E-state index contributed by atoms with van der Waals surface area (Å²) < 4.78 is 0. The van der Waals surface area contributed by atoms with E-state index in [0.717, 1.165) is 12.2 Å². The van der Waals surface area contributed by atoms with Crippen LogP contribution in [0.15, 0.2) is 18.2 Å². The van der Waals surface area contributed by atoms with Crippen molar-refractivity contribution < 1.29 is 4.79 Å². The van der Waals surface area contributed by atoms with Crippen LogP contribution < -0.4 is 11.1 Å². The van der Waals surface area contributed by atoms with Gasteiger partial charge in [0.25, 0.3) is 0 Å². The van der Waals surface area contributed by atoms with Gasteiger partial charge in [0, 0.05) is 24.3 Å². The van der Waals surface area contributed by atoms with E-state index >= 15 is 0 Å². The van der Waals surface area contributed by atoms with Crippen molar-refractivity contribution in [1.82, 2.24) is 0 Å². The smallest absolute Gasteiger partial charge is 0.168 e. The van der Waals surface area contributed by atoms with Gasteiger partial charge < -0.3 is 11.1 Å². The largest absolute Gasteiger partial charge is 0.398 e. The van der Waals surface area contributed by atoms with E-state index in [2.05, 4.69) is 5.32 Å². The van der Waals surface area contributed by atoms with Crippen LogP contribution in [0.4, 0.5) is 11.4 Å². The molecule has 1 aromatic carbocycles. The molecule has 1 aromatic rings. The van der Waals surface area contributed by atoms with Gasteiger partial charge >= 0.3 is 0 Å². The Morgan fingerprint density at radius 1 is 1.42 bits per heavy atom. The maximum absolute atomic E-state index is 11.4. The van der Waals surface area contributed by atoms with Gasteiger partial charge in [-0.3, -0.25) is 4.79 Å². The molecule has 2 rings (SSSR count). The second kappa shape index (κ2) is 2.52.